The Morgan fingerprint density at radius 2 is 1.95 bits per heavy atom. The Balaban J connectivity index is 2.12. The maximum atomic E-state index is 12.2. The maximum Gasteiger partial charge on any atom is 0.255 e. The van der Waals surface area contributed by atoms with Crippen molar-refractivity contribution in [1.82, 2.24) is 4.98 Å². The summed E-state index contributed by atoms with van der Waals surface area (Å²) in [6.45, 7) is 6.16. The summed E-state index contributed by atoms with van der Waals surface area (Å²) < 4.78 is 0. The van der Waals surface area contributed by atoms with Crippen molar-refractivity contribution in [3.8, 4) is 0 Å². The number of carbonyl (C=O) groups is 1. The average molecular weight is 303 g/mol. The van der Waals surface area contributed by atoms with E-state index in [9.17, 15) is 4.79 Å². The minimum Gasteiger partial charge on any atom is -0.322 e. The quantitative estimate of drug-likeness (QED) is 0.824. The summed E-state index contributed by atoms with van der Waals surface area (Å²) in [5.74, 6) is 0.343. The van der Waals surface area contributed by atoms with Gasteiger partial charge >= 0.3 is 0 Å². The summed E-state index contributed by atoms with van der Waals surface area (Å²) in [7, 11) is 0. The van der Waals surface area contributed by atoms with Crippen LogP contribution in [0, 0.1) is 6.92 Å². The van der Waals surface area contributed by atoms with Crippen LogP contribution in [0.3, 0.4) is 0 Å². The highest BCUT2D eigenvalue weighted by Crippen LogP contribution is 2.21. The molecular formula is C17H19ClN2O. The lowest BCUT2D eigenvalue weighted by molar-refractivity contribution is 0.102. The molecular weight excluding hydrogens is 284 g/mol. The van der Waals surface area contributed by atoms with E-state index in [0.717, 1.165) is 17.8 Å². The Labute approximate surface area is 130 Å². The zero-order chi connectivity index (χ0) is 15.4. The number of rotatable bonds is 4. The van der Waals surface area contributed by atoms with Crippen LogP contribution in [0.5, 0.6) is 0 Å². The van der Waals surface area contributed by atoms with Gasteiger partial charge < -0.3 is 5.32 Å². The van der Waals surface area contributed by atoms with Gasteiger partial charge in [0.2, 0.25) is 0 Å². The number of halogens is 1. The second-order valence-electron chi connectivity index (χ2n) is 5.21. The highest BCUT2D eigenvalue weighted by Gasteiger charge is 2.09. The first-order chi connectivity index (χ1) is 9.99. The summed E-state index contributed by atoms with van der Waals surface area (Å²) in [6, 6.07) is 11.2. The van der Waals surface area contributed by atoms with Crippen LogP contribution in [0.4, 0.5) is 5.69 Å². The molecule has 3 nitrogen and oxygen atoms in total. The number of benzene rings is 1. The highest BCUT2D eigenvalue weighted by atomic mass is 35.5. The third-order valence-corrected chi connectivity index (χ3v) is 3.73. The largest absolute Gasteiger partial charge is 0.322 e. The van der Waals surface area contributed by atoms with Gasteiger partial charge in [-0.05, 0) is 49.1 Å². The Kier molecular flexibility index (Phi) is 4.97. The molecule has 21 heavy (non-hydrogen) atoms. The molecule has 1 heterocycles. The fraction of sp³-hybridized carbons (Fsp3) is 0.294. The first-order valence-electron chi connectivity index (χ1n) is 7.05. The van der Waals surface area contributed by atoms with Crippen LogP contribution in [0.15, 0.2) is 36.4 Å². The monoisotopic (exact) mass is 302 g/mol. The second kappa shape index (κ2) is 6.72. The fourth-order valence-electron chi connectivity index (χ4n) is 2.09. The predicted octanol–water partition coefficient (Wildman–Crippen LogP) is 4.81. The molecule has 0 spiro atoms. The number of nitrogens with zero attached hydrogens (tertiary/aromatic N) is 1. The predicted molar refractivity (Wildman–Crippen MR) is 87.1 cm³/mol. The summed E-state index contributed by atoms with van der Waals surface area (Å²) >= 11 is 5.88. The molecule has 1 unspecified atom stereocenters. The van der Waals surface area contributed by atoms with Gasteiger partial charge in [0.05, 0.1) is 0 Å². The van der Waals surface area contributed by atoms with Crippen LogP contribution in [-0.4, -0.2) is 10.9 Å². The van der Waals surface area contributed by atoms with Gasteiger partial charge in [0.1, 0.15) is 5.15 Å². The van der Waals surface area contributed by atoms with Crippen LogP contribution >= 0.6 is 11.6 Å². The van der Waals surface area contributed by atoms with E-state index >= 15 is 0 Å². The van der Waals surface area contributed by atoms with Gasteiger partial charge in [0.15, 0.2) is 0 Å². The number of anilines is 1. The van der Waals surface area contributed by atoms with Crippen LogP contribution in [0.2, 0.25) is 5.15 Å². The molecule has 1 atom stereocenters. The van der Waals surface area contributed by atoms with Crippen molar-refractivity contribution in [2.75, 3.05) is 5.32 Å². The fourth-order valence-corrected chi connectivity index (χ4v) is 2.34. The highest BCUT2D eigenvalue weighted by molar-refractivity contribution is 6.29. The molecule has 2 aromatic rings. The first kappa shape index (κ1) is 15.5. The van der Waals surface area contributed by atoms with Gasteiger partial charge in [0.25, 0.3) is 5.91 Å². The van der Waals surface area contributed by atoms with Gasteiger partial charge in [-0.3, -0.25) is 4.79 Å². The van der Waals surface area contributed by atoms with Crippen molar-refractivity contribution in [3.05, 3.63) is 58.4 Å². The van der Waals surface area contributed by atoms with Gasteiger partial charge in [-0.2, -0.15) is 0 Å². The molecule has 110 valence electrons. The number of nitrogens with one attached hydrogen (secondary N) is 1. The minimum atomic E-state index is -0.182. The molecule has 0 saturated carbocycles. The molecule has 0 aliphatic rings. The van der Waals surface area contributed by atoms with E-state index in [4.69, 9.17) is 11.6 Å². The number of amides is 1. The van der Waals surface area contributed by atoms with Gasteiger partial charge in [-0.15, -0.1) is 0 Å². The lowest BCUT2D eigenvalue weighted by Gasteiger charge is -2.11. The van der Waals surface area contributed by atoms with Crippen molar-refractivity contribution >= 4 is 23.2 Å². The molecule has 1 aromatic heterocycles. The second-order valence-corrected chi connectivity index (χ2v) is 5.59. The van der Waals surface area contributed by atoms with Crippen LogP contribution in [0.25, 0.3) is 0 Å². The van der Waals surface area contributed by atoms with Crippen molar-refractivity contribution in [1.29, 1.82) is 0 Å². The Morgan fingerprint density at radius 1 is 1.29 bits per heavy atom. The smallest absolute Gasteiger partial charge is 0.255 e. The molecule has 1 N–H and O–H groups in total. The van der Waals surface area contributed by atoms with E-state index in [-0.39, 0.29) is 5.91 Å². The van der Waals surface area contributed by atoms with Crippen molar-refractivity contribution < 1.29 is 4.79 Å². The van der Waals surface area contributed by atoms with E-state index in [2.05, 4.69) is 36.3 Å². The van der Waals surface area contributed by atoms with Crippen molar-refractivity contribution in [3.63, 3.8) is 0 Å². The van der Waals surface area contributed by atoms with E-state index < -0.39 is 0 Å². The summed E-state index contributed by atoms with van der Waals surface area (Å²) in [6.07, 6.45) is 1.10. The maximum absolute atomic E-state index is 12.2. The van der Waals surface area contributed by atoms with E-state index in [0.29, 0.717) is 16.6 Å². The Bertz CT molecular complexity index is 617. The van der Waals surface area contributed by atoms with Crippen LogP contribution < -0.4 is 5.32 Å². The molecule has 2 rings (SSSR count). The number of aromatic nitrogens is 1. The molecule has 0 aliphatic carbocycles. The Morgan fingerprint density at radius 3 is 2.52 bits per heavy atom. The number of carbonyl (C=O) groups excluding carboxylic acids is 1. The van der Waals surface area contributed by atoms with E-state index in [1.165, 1.54) is 5.56 Å². The SMILES string of the molecule is CCC(C)c1ccc(NC(=O)c2cc(C)nc(Cl)c2)cc1. The zero-order valence-corrected chi connectivity index (χ0v) is 13.2. The molecule has 0 fully saturated rings. The van der Waals surface area contributed by atoms with Gasteiger partial charge in [-0.1, -0.05) is 37.6 Å². The molecule has 0 bridgehead atoms. The zero-order valence-electron chi connectivity index (χ0n) is 12.5. The first-order valence-corrected chi connectivity index (χ1v) is 7.43. The molecule has 1 amide bonds. The molecule has 0 aliphatic heterocycles. The average Bonchev–Trinajstić information content (AvgIpc) is 2.46. The lowest BCUT2D eigenvalue weighted by Crippen LogP contribution is -2.12. The van der Waals surface area contributed by atoms with Gasteiger partial charge in [-0.25, -0.2) is 4.98 Å². The van der Waals surface area contributed by atoms with Crippen molar-refractivity contribution in [2.24, 2.45) is 0 Å². The lowest BCUT2D eigenvalue weighted by atomic mass is 9.98. The molecule has 0 radical (unpaired) electrons. The number of hydrogen-bond acceptors (Lipinski definition) is 2. The summed E-state index contributed by atoms with van der Waals surface area (Å²) in [5, 5.41) is 3.20. The van der Waals surface area contributed by atoms with Crippen LogP contribution in [0.1, 0.15) is 47.8 Å². The van der Waals surface area contributed by atoms with Crippen LogP contribution in [-0.2, 0) is 0 Å². The summed E-state index contributed by atoms with van der Waals surface area (Å²) in [5.41, 5.74) is 3.29. The molecule has 0 saturated heterocycles. The third kappa shape index (κ3) is 4.05. The topological polar surface area (TPSA) is 42.0 Å². The van der Waals surface area contributed by atoms with Crippen molar-refractivity contribution in [2.45, 2.75) is 33.1 Å². The Hall–Kier alpha value is -1.87. The third-order valence-electron chi connectivity index (χ3n) is 3.53. The minimum absolute atomic E-state index is 0.182. The molecule has 1 aromatic carbocycles. The van der Waals surface area contributed by atoms with E-state index in [1.54, 1.807) is 12.1 Å². The standard InChI is InChI=1S/C17H19ClN2O/c1-4-11(2)13-5-7-15(8-6-13)20-17(21)14-9-12(3)19-16(18)10-14/h5-11H,4H2,1-3H3,(H,20,21). The number of aryl methyl sites for hydroxylation is 1. The molecule has 4 heteroatoms. The normalized spacial score (nSPS) is 12.0. The number of hydrogen-bond donors (Lipinski definition) is 1. The number of pyridine rings is 1. The van der Waals surface area contributed by atoms with E-state index in [1.807, 2.05) is 19.1 Å². The van der Waals surface area contributed by atoms with Gasteiger partial charge in [0, 0.05) is 16.9 Å². The summed E-state index contributed by atoms with van der Waals surface area (Å²) in [4.78, 5) is 16.2.